The lowest BCUT2D eigenvalue weighted by Crippen LogP contribution is -2.13. The maximum absolute atomic E-state index is 11.9. The summed E-state index contributed by atoms with van der Waals surface area (Å²) in [5.74, 6) is -0.346. The second-order valence-corrected chi connectivity index (χ2v) is 3.87. The number of anilines is 1. The molecule has 0 aliphatic rings. The molecule has 1 heterocycles. The predicted octanol–water partition coefficient (Wildman–Crippen LogP) is 1.25. The number of nitriles is 1. The van der Waals surface area contributed by atoms with Gasteiger partial charge in [0.25, 0.3) is 5.91 Å². The molecule has 1 aromatic carbocycles. The summed E-state index contributed by atoms with van der Waals surface area (Å²) in [7, 11) is 1.69. The van der Waals surface area contributed by atoms with Gasteiger partial charge in [-0.3, -0.25) is 9.48 Å². The van der Waals surface area contributed by atoms with Gasteiger partial charge in [0.15, 0.2) is 5.69 Å². The Morgan fingerprint density at radius 2 is 2.28 bits per heavy atom. The van der Waals surface area contributed by atoms with Gasteiger partial charge in [0, 0.05) is 12.7 Å². The fourth-order valence-corrected chi connectivity index (χ4v) is 1.46. The van der Waals surface area contributed by atoms with E-state index in [1.165, 1.54) is 10.9 Å². The van der Waals surface area contributed by atoms with Gasteiger partial charge in [-0.15, -0.1) is 5.10 Å². The maximum Gasteiger partial charge on any atom is 0.277 e. The molecule has 0 unspecified atom stereocenters. The van der Waals surface area contributed by atoms with Crippen LogP contribution in [-0.4, -0.2) is 20.9 Å². The molecule has 0 radical (unpaired) electrons. The SMILES string of the molecule is Cc1ccc(C#N)cc1NC(=O)c1cn(C)nn1. The quantitative estimate of drug-likeness (QED) is 0.857. The molecular formula is C12H11N5O. The number of nitrogens with zero attached hydrogens (tertiary/aromatic N) is 4. The van der Waals surface area contributed by atoms with Crippen molar-refractivity contribution in [2.75, 3.05) is 5.32 Å². The maximum atomic E-state index is 11.9. The zero-order valence-electron chi connectivity index (χ0n) is 10.0. The summed E-state index contributed by atoms with van der Waals surface area (Å²) in [6.07, 6.45) is 1.53. The van der Waals surface area contributed by atoms with Crippen molar-refractivity contribution in [2.45, 2.75) is 6.92 Å². The van der Waals surface area contributed by atoms with E-state index in [1.54, 1.807) is 25.2 Å². The van der Waals surface area contributed by atoms with Crippen molar-refractivity contribution < 1.29 is 4.79 Å². The van der Waals surface area contributed by atoms with Crippen LogP contribution in [0.5, 0.6) is 0 Å². The first-order valence-electron chi connectivity index (χ1n) is 5.28. The molecule has 0 atom stereocenters. The van der Waals surface area contributed by atoms with Gasteiger partial charge in [-0.2, -0.15) is 5.26 Å². The minimum atomic E-state index is -0.346. The highest BCUT2D eigenvalue weighted by atomic mass is 16.2. The molecule has 6 nitrogen and oxygen atoms in total. The standard InChI is InChI=1S/C12H11N5O/c1-8-3-4-9(6-13)5-10(8)14-12(18)11-7-17(2)16-15-11/h3-5,7H,1-2H3,(H,14,18). The molecule has 0 saturated carbocycles. The van der Waals surface area contributed by atoms with E-state index in [0.29, 0.717) is 11.3 Å². The highest BCUT2D eigenvalue weighted by Crippen LogP contribution is 2.17. The normalized spacial score (nSPS) is 9.83. The lowest BCUT2D eigenvalue weighted by Gasteiger charge is -2.06. The molecule has 1 N–H and O–H groups in total. The van der Waals surface area contributed by atoms with E-state index in [0.717, 1.165) is 5.56 Å². The summed E-state index contributed by atoms with van der Waals surface area (Å²) >= 11 is 0. The van der Waals surface area contributed by atoms with E-state index in [-0.39, 0.29) is 11.6 Å². The van der Waals surface area contributed by atoms with Gasteiger partial charge in [-0.1, -0.05) is 11.3 Å². The van der Waals surface area contributed by atoms with Crippen molar-refractivity contribution >= 4 is 11.6 Å². The van der Waals surface area contributed by atoms with Gasteiger partial charge in [-0.25, -0.2) is 0 Å². The number of aromatic nitrogens is 3. The molecule has 90 valence electrons. The molecule has 6 heteroatoms. The van der Waals surface area contributed by atoms with Crippen molar-refractivity contribution in [2.24, 2.45) is 7.05 Å². The molecule has 0 saturated heterocycles. The van der Waals surface area contributed by atoms with Crippen molar-refractivity contribution in [1.82, 2.24) is 15.0 Å². The molecule has 0 fully saturated rings. The predicted molar refractivity (Wildman–Crippen MR) is 64.9 cm³/mol. The summed E-state index contributed by atoms with van der Waals surface area (Å²) in [5, 5.41) is 18.9. The summed E-state index contributed by atoms with van der Waals surface area (Å²) < 4.78 is 1.45. The van der Waals surface area contributed by atoms with E-state index in [1.807, 2.05) is 13.0 Å². The number of benzene rings is 1. The third-order valence-corrected chi connectivity index (χ3v) is 2.45. The first kappa shape index (κ1) is 11.8. The topological polar surface area (TPSA) is 83.6 Å². The Balaban J connectivity index is 2.24. The van der Waals surface area contributed by atoms with E-state index in [4.69, 9.17) is 5.26 Å². The molecule has 2 rings (SSSR count). The van der Waals surface area contributed by atoms with Crippen LogP contribution < -0.4 is 5.32 Å². The van der Waals surface area contributed by atoms with E-state index in [9.17, 15) is 4.79 Å². The van der Waals surface area contributed by atoms with E-state index >= 15 is 0 Å². The number of hydrogen-bond donors (Lipinski definition) is 1. The van der Waals surface area contributed by atoms with Crippen molar-refractivity contribution in [1.29, 1.82) is 5.26 Å². The second kappa shape index (κ2) is 4.67. The Labute approximate surface area is 104 Å². The van der Waals surface area contributed by atoms with Crippen LogP contribution in [0.4, 0.5) is 5.69 Å². The van der Waals surface area contributed by atoms with Gasteiger partial charge < -0.3 is 5.32 Å². The lowest BCUT2D eigenvalue weighted by atomic mass is 10.1. The number of aryl methyl sites for hydroxylation is 2. The zero-order chi connectivity index (χ0) is 13.1. The Kier molecular flexibility index (Phi) is 3.06. The van der Waals surface area contributed by atoms with Gasteiger partial charge >= 0.3 is 0 Å². The average Bonchev–Trinajstić information content (AvgIpc) is 2.79. The molecule has 0 aliphatic heterocycles. The number of amides is 1. The number of carbonyl (C=O) groups excluding carboxylic acids is 1. The molecule has 0 bridgehead atoms. The van der Waals surface area contributed by atoms with Crippen LogP contribution in [0.1, 0.15) is 21.6 Å². The van der Waals surface area contributed by atoms with Crippen LogP contribution in [0, 0.1) is 18.3 Å². The average molecular weight is 241 g/mol. The smallest absolute Gasteiger partial charge is 0.277 e. The minimum Gasteiger partial charge on any atom is -0.320 e. The molecule has 0 spiro atoms. The van der Waals surface area contributed by atoms with E-state index < -0.39 is 0 Å². The largest absolute Gasteiger partial charge is 0.320 e. The monoisotopic (exact) mass is 241 g/mol. The minimum absolute atomic E-state index is 0.235. The number of rotatable bonds is 2. The lowest BCUT2D eigenvalue weighted by molar-refractivity contribution is 0.102. The molecule has 1 amide bonds. The number of nitrogens with one attached hydrogen (secondary N) is 1. The third-order valence-electron chi connectivity index (χ3n) is 2.45. The van der Waals surface area contributed by atoms with Gasteiger partial charge in [-0.05, 0) is 24.6 Å². The van der Waals surface area contributed by atoms with Gasteiger partial charge in [0.2, 0.25) is 0 Å². The van der Waals surface area contributed by atoms with Crippen LogP contribution in [0.2, 0.25) is 0 Å². The highest BCUT2D eigenvalue weighted by molar-refractivity contribution is 6.03. The third kappa shape index (κ3) is 2.35. The fourth-order valence-electron chi connectivity index (χ4n) is 1.46. The number of hydrogen-bond acceptors (Lipinski definition) is 4. The first-order chi connectivity index (χ1) is 8.60. The van der Waals surface area contributed by atoms with Crippen molar-refractivity contribution in [3.05, 3.63) is 41.2 Å². The van der Waals surface area contributed by atoms with Crippen LogP contribution in [0.3, 0.4) is 0 Å². The van der Waals surface area contributed by atoms with Crippen LogP contribution >= 0.6 is 0 Å². The molecule has 18 heavy (non-hydrogen) atoms. The first-order valence-corrected chi connectivity index (χ1v) is 5.28. The van der Waals surface area contributed by atoms with E-state index in [2.05, 4.69) is 15.6 Å². The zero-order valence-corrected chi connectivity index (χ0v) is 10.0. The molecular weight excluding hydrogens is 230 g/mol. The Bertz CT molecular complexity index is 638. The Morgan fingerprint density at radius 1 is 1.50 bits per heavy atom. The molecule has 0 aliphatic carbocycles. The second-order valence-electron chi connectivity index (χ2n) is 3.87. The molecule has 1 aromatic heterocycles. The highest BCUT2D eigenvalue weighted by Gasteiger charge is 2.11. The van der Waals surface area contributed by atoms with Gasteiger partial charge in [0.05, 0.1) is 17.8 Å². The number of carbonyl (C=O) groups is 1. The fraction of sp³-hybridized carbons (Fsp3) is 0.167. The van der Waals surface area contributed by atoms with Crippen molar-refractivity contribution in [3.8, 4) is 6.07 Å². The summed E-state index contributed by atoms with van der Waals surface area (Å²) in [6.45, 7) is 1.85. The summed E-state index contributed by atoms with van der Waals surface area (Å²) in [6, 6.07) is 7.14. The molecule has 2 aromatic rings. The van der Waals surface area contributed by atoms with Crippen LogP contribution in [-0.2, 0) is 7.05 Å². The van der Waals surface area contributed by atoms with Crippen LogP contribution in [0.25, 0.3) is 0 Å². The summed E-state index contributed by atoms with van der Waals surface area (Å²) in [4.78, 5) is 11.9. The van der Waals surface area contributed by atoms with Crippen molar-refractivity contribution in [3.63, 3.8) is 0 Å². The Morgan fingerprint density at radius 3 is 2.89 bits per heavy atom. The summed E-state index contributed by atoms with van der Waals surface area (Å²) in [5.41, 5.74) is 2.21. The van der Waals surface area contributed by atoms with Crippen LogP contribution in [0.15, 0.2) is 24.4 Å². The van der Waals surface area contributed by atoms with Gasteiger partial charge in [0.1, 0.15) is 0 Å². The Hall–Kier alpha value is -2.68.